The largest absolute Gasteiger partial charge is 0.507 e. The lowest BCUT2D eigenvalue weighted by Gasteiger charge is -2.20. The predicted molar refractivity (Wildman–Crippen MR) is 128 cm³/mol. The SMILES string of the molecule is Cc1cc2nc(N3C(=O)C(=O)/C(=C(/O)c4ccc(Br)c(C)c4)C3c3ccco3)[nH]c2cc1C. The fourth-order valence-corrected chi connectivity index (χ4v) is 4.33. The second-order valence-electron chi connectivity index (χ2n) is 8.16. The summed E-state index contributed by atoms with van der Waals surface area (Å²) in [6.07, 6.45) is 1.46. The first-order valence-electron chi connectivity index (χ1n) is 10.3. The van der Waals surface area contributed by atoms with Crippen molar-refractivity contribution >= 4 is 50.4 Å². The maximum Gasteiger partial charge on any atom is 0.302 e. The number of ketones is 1. The van der Waals surface area contributed by atoms with Gasteiger partial charge in [-0.1, -0.05) is 22.0 Å². The molecule has 166 valence electrons. The number of aliphatic hydroxyl groups is 1. The molecule has 2 aromatic heterocycles. The van der Waals surface area contributed by atoms with Crippen molar-refractivity contribution in [1.82, 2.24) is 9.97 Å². The van der Waals surface area contributed by atoms with E-state index in [-0.39, 0.29) is 17.3 Å². The van der Waals surface area contributed by atoms with E-state index in [1.54, 1.807) is 30.3 Å². The molecule has 0 aliphatic carbocycles. The Hall–Kier alpha value is -3.65. The van der Waals surface area contributed by atoms with Crippen LogP contribution in [0.5, 0.6) is 0 Å². The molecule has 0 spiro atoms. The predicted octanol–water partition coefficient (Wildman–Crippen LogP) is 5.47. The van der Waals surface area contributed by atoms with Crippen molar-refractivity contribution in [3.63, 3.8) is 0 Å². The molecule has 0 saturated carbocycles. The third kappa shape index (κ3) is 3.38. The van der Waals surface area contributed by atoms with Gasteiger partial charge in [0.1, 0.15) is 17.6 Å². The number of halogens is 1. The van der Waals surface area contributed by atoms with Crippen LogP contribution in [0.15, 0.2) is 63.2 Å². The van der Waals surface area contributed by atoms with E-state index in [1.807, 2.05) is 32.9 Å². The van der Waals surface area contributed by atoms with Crippen molar-refractivity contribution < 1.29 is 19.1 Å². The number of carbonyl (C=O) groups is 2. The number of nitrogens with one attached hydrogen (secondary N) is 1. The van der Waals surface area contributed by atoms with Crippen molar-refractivity contribution in [2.75, 3.05) is 4.90 Å². The number of furan rings is 1. The Bertz CT molecular complexity index is 1430. The van der Waals surface area contributed by atoms with Crippen LogP contribution in [0.4, 0.5) is 5.95 Å². The number of rotatable bonds is 3. The van der Waals surface area contributed by atoms with Crippen molar-refractivity contribution in [3.05, 3.63) is 86.8 Å². The number of benzene rings is 2. The van der Waals surface area contributed by atoms with E-state index in [1.165, 1.54) is 11.2 Å². The number of hydrogen-bond donors (Lipinski definition) is 2. The van der Waals surface area contributed by atoms with Crippen LogP contribution in [0.3, 0.4) is 0 Å². The van der Waals surface area contributed by atoms with Crippen LogP contribution in [-0.2, 0) is 9.59 Å². The van der Waals surface area contributed by atoms with Gasteiger partial charge < -0.3 is 14.5 Å². The number of H-pyrrole nitrogens is 1. The van der Waals surface area contributed by atoms with E-state index < -0.39 is 17.7 Å². The summed E-state index contributed by atoms with van der Waals surface area (Å²) in [5.74, 6) is -1.31. The average Bonchev–Trinajstić information content (AvgIpc) is 3.49. The first kappa shape index (κ1) is 21.2. The molecule has 7 nitrogen and oxygen atoms in total. The first-order chi connectivity index (χ1) is 15.8. The van der Waals surface area contributed by atoms with Crippen LogP contribution in [-0.4, -0.2) is 26.8 Å². The second-order valence-corrected chi connectivity index (χ2v) is 9.02. The molecule has 1 unspecified atom stereocenters. The van der Waals surface area contributed by atoms with E-state index in [4.69, 9.17) is 4.42 Å². The number of aromatic amines is 1. The number of hydrogen-bond acceptors (Lipinski definition) is 5. The number of nitrogens with zero attached hydrogens (tertiary/aromatic N) is 2. The lowest BCUT2D eigenvalue weighted by molar-refractivity contribution is -0.132. The van der Waals surface area contributed by atoms with E-state index >= 15 is 0 Å². The smallest absolute Gasteiger partial charge is 0.302 e. The number of fused-ring (bicyclic) bond motifs is 1. The molecule has 8 heteroatoms. The number of carbonyl (C=O) groups excluding carboxylic acids is 2. The summed E-state index contributed by atoms with van der Waals surface area (Å²) in [5.41, 5.74) is 4.83. The standard InChI is InChI=1S/C25H20BrN3O4/c1-12-10-17-18(11-13(12)2)28-25(27-17)29-21(19-5-4-8-33-19)20(23(31)24(29)32)22(30)15-6-7-16(26)14(3)9-15/h4-11,21,30H,1-3H3,(H,27,28)/b22-20+. The minimum atomic E-state index is -0.966. The highest BCUT2D eigenvalue weighted by molar-refractivity contribution is 9.10. The van der Waals surface area contributed by atoms with Crippen LogP contribution >= 0.6 is 15.9 Å². The number of amides is 1. The topological polar surface area (TPSA) is 99.4 Å². The lowest BCUT2D eigenvalue weighted by atomic mass is 9.98. The molecule has 2 aromatic carbocycles. The number of imidazole rings is 1. The van der Waals surface area contributed by atoms with E-state index in [9.17, 15) is 14.7 Å². The second kappa shape index (κ2) is 7.74. The van der Waals surface area contributed by atoms with Gasteiger partial charge in [0.05, 0.1) is 22.9 Å². The number of aliphatic hydroxyl groups excluding tert-OH is 1. The fourth-order valence-electron chi connectivity index (χ4n) is 4.08. The van der Waals surface area contributed by atoms with E-state index in [2.05, 4.69) is 25.9 Å². The van der Waals surface area contributed by atoms with Gasteiger partial charge in [-0.2, -0.15) is 0 Å². The molecule has 1 aliphatic heterocycles. The highest BCUT2D eigenvalue weighted by Gasteiger charge is 2.49. The number of aryl methyl sites for hydroxylation is 3. The van der Waals surface area contributed by atoms with Gasteiger partial charge in [-0.3, -0.25) is 14.5 Å². The van der Waals surface area contributed by atoms with Crippen LogP contribution in [0.25, 0.3) is 16.8 Å². The summed E-state index contributed by atoms with van der Waals surface area (Å²) in [7, 11) is 0. The van der Waals surface area contributed by atoms with Gasteiger partial charge in [-0.15, -0.1) is 0 Å². The molecule has 1 amide bonds. The molecule has 1 atom stereocenters. The van der Waals surface area contributed by atoms with Gasteiger partial charge in [0.25, 0.3) is 5.78 Å². The van der Waals surface area contributed by atoms with Crippen LogP contribution in [0.1, 0.15) is 34.1 Å². The Morgan fingerprint density at radius 3 is 2.55 bits per heavy atom. The maximum atomic E-state index is 13.2. The molecule has 4 aromatic rings. The first-order valence-corrected chi connectivity index (χ1v) is 11.1. The number of aromatic nitrogens is 2. The summed E-state index contributed by atoms with van der Waals surface area (Å²) in [6.45, 7) is 5.85. The fraction of sp³-hybridized carbons (Fsp3) is 0.160. The summed E-state index contributed by atoms with van der Waals surface area (Å²) in [6, 6.07) is 11.5. The molecule has 5 rings (SSSR count). The summed E-state index contributed by atoms with van der Waals surface area (Å²) in [4.78, 5) is 35.4. The van der Waals surface area contributed by atoms with E-state index in [0.717, 1.165) is 26.7 Å². The summed E-state index contributed by atoms with van der Waals surface area (Å²) < 4.78 is 6.47. The molecule has 0 bridgehead atoms. The molecule has 3 heterocycles. The Balaban J connectivity index is 1.71. The van der Waals surface area contributed by atoms with Crippen molar-refractivity contribution in [3.8, 4) is 0 Å². The minimum Gasteiger partial charge on any atom is -0.507 e. The molecular formula is C25H20BrN3O4. The lowest BCUT2D eigenvalue weighted by Crippen LogP contribution is -2.30. The zero-order valence-electron chi connectivity index (χ0n) is 18.1. The van der Waals surface area contributed by atoms with Gasteiger partial charge in [0.15, 0.2) is 0 Å². The van der Waals surface area contributed by atoms with Crippen LogP contribution in [0, 0.1) is 20.8 Å². The van der Waals surface area contributed by atoms with Gasteiger partial charge in [0.2, 0.25) is 5.95 Å². The van der Waals surface area contributed by atoms with Crippen LogP contribution < -0.4 is 4.90 Å². The van der Waals surface area contributed by atoms with E-state index in [0.29, 0.717) is 16.8 Å². The Kier molecular flexibility index (Phi) is 4.97. The zero-order valence-corrected chi connectivity index (χ0v) is 19.7. The van der Waals surface area contributed by atoms with Crippen molar-refractivity contribution in [2.45, 2.75) is 26.8 Å². The number of anilines is 1. The summed E-state index contributed by atoms with van der Waals surface area (Å²) >= 11 is 3.44. The van der Waals surface area contributed by atoms with Crippen molar-refractivity contribution in [2.24, 2.45) is 0 Å². The van der Waals surface area contributed by atoms with Gasteiger partial charge in [-0.25, -0.2) is 4.98 Å². The molecule has 33 heavy (non-hydrogen) atoms. The molecule has 2 N–H and O–H groups in total. The quantitative estimate of drug-likeness (QED) is 0.218. The zero-order chi connectivity index (χ0) is 23.4. The molecule has 1 fully saturated rings. The summed E-state index contributed by atoms with van der Waals surface area (Å²) in [5, 5.41) is 11.2. The highest BCUT2D eigenvalue weighted by Crippen LogP contribution is 2.42. The van der Waals surface area contributed by atoms with Gasteiger partial charge in [0, 0.05) is 10.0 Å². The molecule has 0 radical (unpaired) electrons. The number of Topliss-reactive ketones (excluding diaryl/α,β-unsaturated/α-hetero) is 1. The Morgan fingerprint density at radius 2 is 1.85 bits per heavy atom. The molecular weight excluding hydrogens is 486 g/mol. The molecule has 1 saturated heterocycles. The Labute approximate surface area is 197 Å². The Morgan fingerprint density at radius 1 is 1.09 bits per heavy atom. The van der Waals surface area contributed by atoms with Crippen LogP contribution in [0.2, 0.25) is 0 Å². The minimum absolute atomic E-state index is 0.0514. The average molecular weight is 506 g/mol. The monoisotopic (exact) mass is 505 g/mol. The normalized spacial score (nSPS) is 17.9. The highest BCUT2D eigenvalue weighted by atomic mass is 79.9. The third-order valence-corrected chi connectivity index (χ3v) is 6.89. The van der Waals surface area contributed by atoms with Gasteiger partial charge >= 0.3 is 5.91 Å². The van der Waals surface area contributed by atoms with Gasteiger partial charge in [-0.05, 0) is 73.9 Å². The third-order valence-electron chi connectivity index (χ3n) is 6.00. The van der Waals surface area contributed by atoms with Crippen molar-refractivity contribution in [1.29, 1.82) is 0 Å². The molecule has 1 aliphatic rings. The maximum absolute atomic E-state index is 13.2.